The van der Waals surface area contributed by atoms with Gasteiger partial charge in [0.2, 0.25) is 0 Å². The van der Waals surface area contributed by atoms with Gasteiger partial charge in [0.25, 0.3) is 0 Å². The largest absolute Gasteiger partial charge is 0.573 e. The third kappa shape index (κ3) is 5.21. The van der Waals surface area contributed by atoms with Crippen molar-refractivity contribution in [2.24, 2.45) is 0 Å². The second-order valence-electron chi connectivity index (χ2n) is 7.21. The molecule has 0 bridgehead atoms. The zero-order valence-electron chi connectivity index (χ0n) is 17.1. The van der Waals surface area contributed by atoms with Crippen molar-refractivity contribution in [3.63, 3.8) is 0 Å². The van der Waals surface area contributed by atoms with E-state index in [1.807, 2.05) is 48.5 Å². The van der Waals surface area contributed by atoms with Crippen LogP contribution in [0, 0.1) is 11.8 Å². The van der Waals surface area contributed by atoms with Crippen molar-refractivity contribution in [2.45, 2.75) is 12.3 Å². The van der Waals surface area contributed by atoms with Crippen LogP contribution in [0.1, 0.15) is 22.6 Å². The molecule has 0 unspecified atom stereocenters. The first-order valence-corrected chi connectivity index (χ1v) is 9.98. The van der Waals surface area contributed by atoms with Gasteiger partial charge in [-0.3, -0.25) is 0 Å². The number of nitrogens with one attached hydrogen (secondary N) is 1. The number of halogens is 3. The first-order chi connectivity index (χ1) is 15.8. The van der Waals surface area contributed by atoms with Gasteiger partial charge in [0.15, 0.2) is 0 Å². The second kappa shape index (κ2) is 9.17. The van der Waals surface area contributed by atoms with Crippen LogP contribution in [0.3, 0.4) is 0 Å². The third-order valence-electron chi connectivity index (χ3n) is 5.09. The Hall–Kier alpha value is -4.12. The van der Waals surface area contributed by atoms with Gasteiger partial charge in [-0.25, -0.2) is 4.79 Å². The molecule has 3 aromatic rings. The molecule has 0 radical (unpaired) electrons. The number of phenols is 1. The Labute approximate surface area is 187 Å². The average molecular weight is 453 g/mol. The molecule has 168 valence electrons. The summed E-state index contributed by atoms with van der Waals surface area (Å²) in [5.74, 6) is 4.10. The van der Waals surface area contributed by atoms with Gasteiger partial charge in [-0.05, 0) is 34.4 Å². The highest BCUT2D eigenvalue weighted by molar-refractivity contribution is 5.79. The van der Waals surface area contributed by atoms with Crippen LogP contribution >= 0.6 is 0 Å². The zero-order valence-corrected chi connectivity index (χ0v) is 17.1. The number of benzene rings is 3. The van der Waals surface area contributed by atoms with Gasteiger partial charge in [-0.1, -0.05) is 60.4 Å². The van der Waals surface area contributed by atoms with Crippen LogP contribution in [-0.4, -0.2) is 30.7 Å². The van der Waals surface area contributed by atoms with Crippen LogP contribution in [0.25, 0.3) is 11.1 Å². The van der Waals surface area contributed by atoms with E-state index in [4.69, 9.17) is 4.74 Å². The molecule has 0 fully saturated rings. The molecule has 0 saturated carbocycles. The molecule has 5 nitrogen and oxygen atoms in total. The van der Waals surface area contributed by atoms with Crippen molar-refractivity contribution in [2.75, 3.05) is 13.2 Å². The number of hydrogen-bond acceptors (Lipinski definition) is 4. The normalized spacial score (nSPS) is 12.2. The molecule has 0 aliphatic heterocycles. The summed E-state index contributed by atoms with van der Waals surface area (Å²) in [6, 6.07) is 19.0. The van der Waals surface area contributed by atoms with Crippen LogP contribution in [0.15, 0.2) is 66.7 Å². The highest BCUT2D eigenvalue weighted by atomic mass is 19.4. The van der Waals surface area contributed by atoms with Gasteiger partial charge in [0, 0.05) is 12.0 Å². The number of aromatic hydroxyl groups is 1. The van der Waals surface area contributed by atoms with Gasteiger partial charge < -0.3 is 19.9 Å². The Balaban J connectivity index is 1.31. The second-order valence-corrected chi connectivity index (χ2v) is 7.21. The van der Waals surface area contributed by atoms with E-state index in [1.165, 1.54) is 6.07 Å². The predicted octanol–water partition coefficient (Wildman–Crippen LogP) is 5.18. The highest BCUT2D eigenvalue weighted by Crippen LogP contribution is 2.44. The molecule has 1 aliphatic rings. The van der Waals surface area contributed by atoms with Crippen molar-refractivity contribution < 1.29 is 32.5 Å². The Morgan fingerprint density at radius 3 is 2.24 bits per heavy atom. The van der Waals surface area contributed by atoms with E-state index < -0.39 is 24.0 Å². The Kier molecular flexibility index (Phi) is 6.13. The minimum Gasteiger partial charge on any atom is -0.507 e. The highest BCUT2D eigenvalue weighted by Gasteiger charge is 2.31. The lowest BCUT2D eigenvalue weighted by Gasteiger charge is -2.14. The molecule has 2 N–H and O–H groups in total. The number of fused-ring (bicyclic) bond motifs is 3. The summed E-state index contributed by atoms with van der Waals surface area (Å²) in [5.41, 5.74) is 4.54. The van der Waals surface area contributed by atoms with E-state index in [0.717, 1.165) is 34.4 Å². The molecule has 4 rings (SSSR count). The van der Waals surface area contributed by atoms with Crippen LogP contribution in [0.2, 0.25) is 0 Å². The summed E-state index contributed by atoms with van der Waals surface area (Å²) < 4.78 is 45.8. The minimum atomic E-state index is -4.85. The number of phenolic OH excluding ortho intramolecular Hbond substituents is 1. The molecule has 1 aliphatic carbocycles. The number of alkyl carbamates (subject to hydrolysis) is 1. The minimum absolute atomic E-state index is 0.0661. The molecule has 0 aromatic heterocycles. The molecule has 1 amide bonds. The number of amides is 1. The zero-order chi connectivity index (χ0) is 23.4. The molecule has 0 saturated heterocycles. The topological polar surface area (TPSA) is 67.8 Å². The first-order valence-electron chi connectivity index (χ1n) is 9.98. The summed E-state index contributed by atoms with van der Waals surface area (Å²) in [5, 5.41) is 12.3. The van der Waals surface area contributed by atoms with Gasteiger partial charge >= 0.3 is 12.5 Å². The maximum absolute atomic E-state index is 12.2. The van der Waals surface area contributed by atoms with E-state index in [2.05, 4.69) is 21.9 Å². The van der Waals surface area contributed by atoms with Crippen molar-refractivity contribution in [3.05, 3.63) is 83.4 Å². The number of carbonyl (C=O) groups is 1. The fraction of sp³-hybridized carbons (Fsp3) is 0.160. The Morgan fingerprint density at radius 2 is 1.64 bits per heavy atom. The fourth-order valence-corrected chi connectivity index (χ4v) is 3.72. The number of carbonyl (C=O) groups excluding carboxylic acids is 1. The third-order valence-corrected chi connectivity index (χ3v) is 5.09. The average Bonchev–Trinajstić information content (AvgIpc) is 3.09. The van der Waals surface area contributed by atoms with Gasteiger partial charge in [-0.15, -0.1) is 13.2 Å². The van der Waals surface area contributed by atoms with E-state index in [-0.39, 0.29) is 24.6 Å². The lowest BCUT2D eigenvalue weighted by molar-refractivity contribution is -0.274. The quantitative estimate of drug-likeness (QED) is 0.534. The Morgan fingerprint density at radius 1 is 1.00 bits per heavy atom. The van der Waals surface area contributed by atoms with Crippen LogP contribution < -0.4 is 10.1 Å². The smallest absolute Gasteiger partial charge is 0.507 e. The molecule has 33 heavy (non-hydrogen) atoms. The van der Waals surface area contributed by atoms with Crippen LogP contribution in [-0.2, 0) is 4.74 Å². The summed E-state index contributed by atoms with van der Waals surface area (Å²) >= 11 is 0. The molecule has 0 spiro atoms. The standard InChI is InChI=1S/C25H18F3NO4/c26-25(27,28)33-17-12-11-16(23(30)14-17)6-5-13-29-24(31)32-15-22-20-9-3-1-7-18(20)19-8-2-4-10-21(19)22/h1-4,7-12,14,22,30H,13,15H2,(H,29,31). The number of rotatable bonds is 4. The summed E-state index contributed by atoms with van der Waals surface area (Å²) in [7, 11) is 0. The SMILES string of the molecule is O=C(NCC#Cc1ccc(OC(F)(F)F)cc1O)OCC1c2ccccc2-c2ccccc21. The lowest BCUT2D eigenvalue weighted by Crippen LogP contribution is -2.26. The molecular formula is C25H18F3NO4. The summed E-state index contributed by atoms with van der Waals surface area (Å²) in [6.07, 6.45) is -5.50. The predicted molar refractivity (Wildman–Crippen MR) is 115 cm³/mol. The molecule has 8 heteroatoms. The van der Waals surface area contributed by atoms with Crippen LogP contribution in [0.5, 0.6) is 11.5 Å². The van der Waals surface area contributed by atoms with Crippen molar-refractivity contribution in [1.82, 2.24) is 5.32 Å². The van der Waals surface area contributed by atoms with Gasteiger partial charge in [-0.2, -0.15) is 0 Å². The summed E-state index contributed by atoms with van der Waals surface area (Å²) in [6.45, 7) is 0.0889. The van der Waals surface area contributed by atoms with Crippen molar-refractivity contribution >= 4 is 6.09 Å². The first kappa shape index (κ1) is 22.1. The summed E-state index contributed by atoms with van der Waals surface area (Å²) in [4.78, 5) is 12.1. The fourth-order valence-electron chi connectivity index (χ4n) is 3.72. The van der Waals surface area contributed by atoms with E-state index in [0.29, 0.717) is 0 Å². The van der Waals surface area contributed by atoms with Gasteiger partial charge in [0.1, 0.15) is 18.1 Å². The van der Waals surface area contributed by atoms with Crippen molar-refractivity contribution in [1.29, 1.82) is 0 Å². The number of ether oxygens (including phenoxy) is 2. The molecule has 3 aromatic carbocycles. The lowest BCUT2D eigenvalue weighted by atomic mass is 9.98. The number of alkyl halides is 3. The maximum atomic E-state index is 12.2. The van der Waals surface area contributed by atoms with E-state index in [9.17, 15) is 23.1 Å². The Bertz CT molecular complexity index is 1200. The van der Waals surface area contributed by atoms with Gasteiger partial charge in [0.05, 0.1) is 12.1 Å². The van der Waals surface area contributed by atoms with E-state index in [1.54, 1.807) is 0 Å². The molecule has 0 atom stereocenters. The van der Waals surface area contributed by atoms with E-state index >= 15 is 0 Å². The van der Waals surface area contributed by atoms with Crippen molar-refractivity contribution in [3.8, 4) is 34.5 Å². The number of hydrogen-bond donors (Lipinski definition) is 2. The monoisotopic (exact) mass is 453 g/mol. The van der Waals surface area contributed by atoms with Crippen LogP contribution in [0.4, 0.5) is 18.0 Å². The maximum Gasteiger partial charge on any atom is 0.573 e. The molecule has 0 heterocycles. The molecular weight excluding hydrogens is 435 g/mol.